The summed E-state index contributed by atoms with van der Waals surface area (Å²) in [5, 5.41) is 20.0. The monoisotopic (exact) mass is 264 g/mol. The molecule has 2 N–H and O–H groups in total. The molecule has 4 nitrogen and oxygen atoms in total. The van der Waals surface area contributed by atoms with E-state index in [1.165, 1.54) is 0 Å². The van der Waals surface area contributed by atoms with Crippen molar-refractivity contribution < 1.29 is 19.7 Å². The van der Waals surface area contributed by atoms with Gasteiger partial charge in [0, 0.05) is 16.9 Å². The second kappa shape index (κ2) is 4.62. The van der Waals surface area contributed by atoms with Gasteiger partial charge in [0.05, 0.1) is 18.6 Å². The van der Waals surface area contributed by atoms with E-state index in [1.807, 2.05) is 6.92 Å². The smallest absolute Gasteiger partial charge is 0.334 e. The Morgan fingerprint density at radius 3 is 2.74 bits per heavy atom. The molecule has 0 aromatic heterocycles. The lowest BCUT2D eigenvalue weighted by atomic mass is 9.58. The zero-order chi connectivity index (χ0) is 14.4. The van der Waals surface area contributed by atoms with Crippen molar-refractivity contribution in [3.63, 3.8) is 0 Å². The van der Waals surface area contributed by atoms with E-state index < -0.39 is 29.5 Å². The summed E-state index contributed by atoms with van der Waals surface area (Å²) in [4.78, 5) is 11.7. The number of rotatable bonds is 3. The molecule has 19 heavy (non-hydrogen) atoms. The maximum atomic E-state index is 11.7. The quantitative estimate of drug-likeness (QED) is 0.457. The molecule has 2 fully saturated rings. The third kappa shape index (κ3) is 1.86. The topological polar surface area (TPSA) is 66.8 Å². The fraction of sp³-hybridized carbons (Fsp3) is 0.533. The Bertz CT molecular complexity index is 453. The minimum atomic E-state index is -0.773. The van der Waals surface area contributed by atoms with Crippen molar-refractivity contribution in [3.05, 3.63) is 37.0 Å². The van der Waals surface area contributed by atoms with Crippen LogP contribution in [0.1, 0.15) is 13.3 Å². The van der Waals surface area contributed by atoms with Crippen LogP contribution in [0.5, 0.6) is 0 Å². The van der Waals surface area contributed by atoms with Gasteiger partial charge in [-0.25, -0.2) is 4.79 Å². The second-order valence-electron chi connectivity index (χ2n) is 5.61. The number of aliphatic hydroxyl groups excluding tert-OH is 2. The van der Waals surface area contributed by atoms with Crippen LogP contribution >= 0.6 is 0 Å². The van der Waals surface area contributed by atoms with Crippen LogP contribution in [0.2, 0.25) is 0 Å². The molecule has 104 valence electrons. The molecule has 1 aliphatic heterocycles. The van der Waals surface area contributed by atoms with Crippen LogP contribution in [-0.4, -0.2) is 35.0 Å². The van der Waals surface area contributed by atoms with E-state index in [0.29, 0.717) is 12.0 Å². The number of fused-ring (bicyclic) bond motifs is 1. The molecule has 2 aliphatic rings. The number of esters is 1. The molecule has 0 radical (unpaired) electrons. The summed E-state index contributed by atoms with van der Waals surface area (Å²) in [6, 6.07) is 0. The molecule has 4 heteroatoms. The summed E-state index contributed by atoms with van der Waals surface area (Å²) < 4.78 is 5.36. The van der Waals surface area contributed by atoms with E-state index in [1.54, 1.807) is 6.08 Å². The van der Waals surface area contributed by atoms with Gasteiger partial charge in [0.2, 0.25) is 0 Å². The summed E-state index contributed by atoms with van der Waals surface area (Å²) in [5.41, 5.74) is 0.398. The van der Waals surface area contributed by atoms with E-state index >= 15 is 0 Å². The van der Waals surface area contributed by atoms with Crippen LogP contribution in [0.15, 0.2) is 37.0 Å². The summed E-state index contributed by atoms with van der Waals surface area (Å²) in [6.45, 7) is 13.1. The fourth-order valence-corrected chi connectivity index (χ4v) is 3.51. The lowest BCUT2D eigenvalue weighted by Gasteiger charge is -2.48. The average Bonchev–Trinajstić information content (AvgIpc) is 2.64. The van der Waals surface area contributed by atoms with Crippen LogP contribution in [0, 0.1) is 17.3 Å². The molecule has 2 rings (SSSR count). The largest absolute Gasteiger partial charge is 0.458 e. The Morgan fingerprint density at radius 2 is 2.26 bits per heavy atom. The van der Waals surface area contributed by atoms with Crippen LogP contribution < -0.4 is 0 Å². The molecule has 1 aliphatic carbocycles. The maximum Gasteiger partial charge on any atom is 0.334 e. The van der Waals surface area contributed by atoms with Crippen molar-refractivity contribution in [2.75, 3.05) is 6.61 Å². The highest BCUT2D eigenvalue weighted by atomic mass is 16.6. The minimum absolute atomic E-state index is 0.168. The molecule has 0 spiro atoms. The first-order valence-electron chi connectivity index (χ1n) is 6.35. The zero-order valence-electron chi connectivity index (χ0n) is 11.1. The third-order valence-electron chi connectivity index (χ3n) is 4.45. The molecule has 0 amide bonds. The van der Waals surface area contributed by atoms with Gasteiger partial charge in [-0.15, -0.1) is 6.58 Å². The normalized spacial score (nSPS) is 41.6. The number of carbonyl (C=O) groups is 1. The Hall–Kier alpha value is -1.39. The molecule has 0 unspecified atom stereocenters. The van der Waals surface area contributed by atoms with Crippen molar-refractivity contribution in [2.24, 2.45) is 17.3 Å². The second-order valence-corrected chi connectivity index (χ2v) is 5.61. The van der Waals surface area contributed by atoms with Gasteiger partial charge in [-0.05, 0) is 13.3 Å². The Balaban J connectivity index is 2.50. The SMILES string of the molecule is C=C[C@]1(CO)C[C@H](O)[C@H]2C(=C)C(=O)O[C@H]2[C@H]1C(=C)C. The van der Waals surface area contributed by atoms with Crippen LogP contribution in [0.4, 0.5) is 0 Å². The van der Waals surface area contributed by atoms with E-state index in [9.17, 15) is 15.0 Å². The van der Waals surface area contributed by atoms with Gasteiger partial charge in [0.15, 0.2) is 0 Å². The first kappa shape index (κ1) is 14.0. The lowest BCUT2D eigenvalue weighted by Crippen LogP contribution is -2.52. The van der Waals surface area contributed by atoms with Gasteiger partial charge in [0.25, 0.3) is 0 Å². The average molecular weight is 264 g/mol. The summed E-state index contributed by atoms with van der Waals surface area (Å²) in [6.07, 6.45) is 0.665. The highest BCUT2D eigenvalue weighted by molar-refractivity contribution is 5.91. The number of hydrogen-bond donors (Lipinski definition) is 2. The molecule has 1 saturated carbocycles. The third-order valence-corrected chi connectivity index (χ3v) is 4.45. The van der Waals surface area contributed by atoms with Gasteiger partial charge in [-0.1, -0.05) is 24.8 Å². The number of ether oxygens (including phenoxy) is 1. The van der Waals surface area contributed by atoms with Crippen molar-refractivity contribution in [1.29, 1.82) is 0 Å². The molecule has 1 heterocycles. The lowest BCUT2D eigenvalue weighted by molar-refractivity contribution is -0.148. The minimum Gasteiger partial charge on any atom is -0.458 e. The van der Waals surface area contributed by atoms with Crippen LogP contribution in [-0.2, 0) is 9.53 Å². The molecule has 5 atom stereocenters. The zero-order valence-corrected chi connectivity index (χ0v) is 11.1. The highest BCUT2D eigenvalue weighted by Gasteiger charge is 2.57. The van der Waals surface area contributed by atoms with E-state index in [-0.39, 0.29) is 12.5 Å². The summed E-state index contributed by atoms with van der Waals surface area (Å²) >= 11 is 0. The van der Waals surface area contributed by atoms with Gasteiger partial charge in [-0.2, -0.15) is 0 Å². The van der Waals surface area contributed by atoms with E-state index in [0.717, 1.165) is 5.57 Å². The maximum absolute atomic E-state index is 11.7. The van der Waals surface area contributed by atoms with Gasteiger partial charge in [0.1, 0.15) is 6.10 Å². The van der Waals surface area contributed by atoms with E-state index in [2.05, 4.69) is 19.7 Å². The van der Waals surface area contributed by atoms with Crippen LogP contribution in [0.3, 0.4) is 0 Å². The first-order chi connectivity index (χ1) is 8.88. The first-order valence-corrected chi connectivity index (χ1v) is 6.35. The number of carbonyl (C=O) groups excluding carboxylic acids is 1. The van der Waals surface area contributed by atoms with Gasteiger partial charge < -0.3 is 14.9 Å². The Kier molecular flexibility index (Phi) is 3.41. The number of aliphatic hydroxyl groups is 2. The molecule has 0 bridgehead atoms. The molecular formula is C15H20O4. The van der Waals surface area contributed by atoms with Crippen molar-refractivity contribution in [1.82, 2.24) is 0 Å². The standard InChI is InChI=1S/C15H20O4/c1-5-15(7-16)6-10(17)11-9(4)14(18)19-13(11)12(15)8(2)3/h5,10-13,16-17H,1-2,4,6-7H2,3H3/t10-,11+,12+,13+,15+/m0/s1. The number of hydrogen-bond acceptors (Lipinski definition) is 4. The predicted molar refractivity (Wildman–Crippen MR) is 71.2 cm³/mol. The van der Waals surface area contributed by atoms with Crippen molar-refractivity contribution >= 4 is 5.97 Å². The predicted octanol–water partition coefficient (Wildman–Crippen LogP) is 1.21. The van der Waals surface area contributed by atoms with E-state index in [4.69, 9.17) is 4.74 Å². The Labute approximate surface area is 113 Å². The fourth-order valence-electron chi connectivity index (χ4n) is 3.51. The molecule has 1 saturated heterocycles. The Morgan fingerprint density at radius 1 is 1.63 bits per heavy atom. The summed E-state index contributed by atoms with van der Waals surface area (Å²) in [5.74, 6) is -1.15. The molecule has 0 aromatic carbocycles. The molecular weight excluding hydrogens is 244 g/mol. The van der Waals surface area contributed by atoms with Crippen LogP contribution in [0.25, 0.3) is 0 Å². The van der Waals surface area contributed by atoms with Crippen molar-refractivity contribution in [2.45, 2.75) is 25.6 Å². The molecule has 0 aromatic rings. The van der Waals surface area contributed by atoms with Gasteiger partial charge >= 0.3 is 5.97 Å². The summed E-state index contributed by atoms with van der Waals surface area (Å²) in [7, 11) is 0. The highest BCUT2D eigenvalue weighted by Crippen LogP contribution is 2.52. The van der Waals surface area contributed by atoms with Crippen molar-refractivity contribution in [3.8, 4) is 0 Å². The van der Waals surface area contributed by atoms with Gasteiger partial charge in [-0.3, -0.25) is 0 Å².